The van der Waals surface area contributed by atoms with Crippen LogP contribution in [-0.4, -0.2) is 12.3 Å². The normalized spacial score (nSPS) is 9.00. The molecule has 3 heteroatoms. The Labute approximate surface area is 70.0 Å². The summed E-state index contributed by atoms with van der Waals surface area (Å²) in [5.74, 6) is -0.225. The largest absolute Gasteiger partial charge is 0.426 e. The third-order valence-electron chi connectivity index (χ3n) is 1.17. The lowest BCUT2D eigenvalue weighted by Gasteiger charge is -1.99. The van der Waals surface area contributed by atoms with Crippen LogP contribution in [0.2, 0.25) is 0 Å². The predicted molar refractivity (Wildman–Crippen MR) is 42.4 cm³/mol. The molecule has 0 bridgehead atoms. The van der Waals surface area contributed by atoms with Crippen molar-refractivity contribution in [3.63, 3.8) is 0 Å². The van der Waals surface area contributed by atoms with Gasteiger partial charge in [0.15, 0.2) is 0 Å². The highest BCUT2D eigenvalue weighted by atomic mass is 16.5. The Hall–Kier alpha value is -1.64. The quantitative estimate of drug-likeness (QED) is 0.289. The van der Waals surface area contributed by atoms with Crippen molar-refractivity contribution in [3.05, 3.63) is 36.8 Å². The Morgan fingerprint density at radius 3 is 2.50 bits per heavy atom. The van der Waals surface area contributed by atoms with E-state index in [1.165, 1.54) is 0 Å². The number of esters is 1. The molecule has 1 rings (SSSR count). The minimum atomic E-state index is -0.656. The number of benzene rings is 1. The lowest BCUT2D eigenvalue weighted by molar-refractivity contribution is -0.131. The van der Waals surface area contributed by atoms with Crippen molar-refractivity contribution >= 4 is 12.3 Å². The lowest BCUT2D eigenvalue weighted by Crippen LogP contribution is -2.08. The van der Waals surface area contributed by atoms with E-state index >= 15 is 0 Å². The molecule has 0 unspecified atom stereocenters. The van der Waals surface area contributed by atoms with Crippen LogP contribution < -0.4 is 4.74 Å². The fourth-order valence-electron chi connectivity index (χ4n) is 0.694. The first kappa shape index (κ1) is 8.46. The van der Waals surface area contributed by atoms with Crippen LogP contribution in [0.15, 0.2) is 30.3 Å². The zero-order valence-electron chi connectivity index (χ0n) is 6.27. The van der Waals surface area contributed by atoms with E-state index in [-0.39, 0.29) is 0 Å². The van der Waals surface area contributed by atoms with Crippen molar-refractivity contribution < 1.29 is 14.3 Å². The van der Waals surface area contributed by atoms with Gasteiger partial charge in [0, 0.05) is 0 Å². The Bertz CT molecular complexity index is 266. The van der Waals surface area contributed by atoms with Crippen LogP contribution in [-0.2, 0) is 9.59 Å². The number of para-hydroxylation sites is 1. The maximum atomic E-state index is 10.7. The van der Waals surface area contributed by atoms with Crippen molar-refractivity contribution in [3.8, 4) is 5.75 Å². The SMILES string of the molecule is O=C[CH]C(=O)Oc1ccccc1. The van der Waals surface area contributed by atoms with Gasteiger partial charge in [-0.15, -0.1) is 0 Å². The van der Waals surface area contributed by atoms with E-state index in [9.17, 15) is 9.59 Å². The summed E-state index contributed by atoms with van der Waals surface area (Å²) in [6.45, 7) is 0. The molecular weight excluding hydrogens is 156 g/mol. The van der Waals surface area contributed by atoms with Crippen LogP contribution in [0.1, 0.15) is 0 Å². The molecule has 0 saturated heterocycles. The van der Waals surface area contributed by atoms with Gasteiger partial charge in [-0.3, -0.25) is 4.79 Å². The highest BCUT2D eigenvalue weighted by molar-refractivity contribution is 5.97. The molecule has 0 N–H and O–H groups in total. The van der Waals surface area contributed by atoms with E-state index in [1.807, 2.05) is 0 Å². The summed E-state index contributed by atoms with van der Waals surface area (Å²) in [5, 5.41) is 0. The molecule has 12 heavy (non-hydrogen) atoms. The number of carbonyl (C=O) groups excluding carboxylic acids is 2. The summed E-state index contributed by atoms with van der Waals surface area (Å²) >= 11 is 0. The molecule has 0 amide bonds. The van der Waals surface area contributed by atoms with Gasteiger partial charge in [-0.2, -0.15) is 0 Å². The van der Waals surface area contributed by atoms with Crippen molar-refractivity contribution in [1.82, 2.24) is 0 Å². The standard InChI is InChI=1S/C9H7O3/c10-7-6-9(11)12-8-4-2-1-3-5-8/h1-7H. The Kier molecular flexibility index (Phi) is 3.02. The summed E-state index contributed by atoms with van der Waals surface area (Å²) in [7, 11) is 0. The van der Waals surface area contributed by atoms with Crippen LogP contribution in [0.4, 0.5) is 0 Å². The molecule has 0 fully saturated rings. The second kappa shape index (κ2) is 4.28. The van der Waals surface area contributed by atoms with Crippen molar-refractivity contribution in [1.29, 1.82) is 0 Å². The van der Waals surface area contributed by atoms with Crippen molar-refractivity contribution in [2.75, 3.05) is 0 Å². The van der Waals surface area contributed by atoms with E-state index in [2.05, 4.69) is 0 Å². The molecule has 0 atom stereocenters. The van der Waals surface area contributed by atoms with Gasteiger partial charge in [-0.05, 0) is 12.1 Å². The smallest absolute Gasteiger partial charge is 0.322 e. The Balaban J connectivity index is 2.52. The molecule has 61 valence electrons. The third kappa shape index (κ3) is 2.54. The van der Waals surface area contributed by atoms with E-state index < -0.39 is 5.97 Å². The fraction of sp³-hybridized carbons (Fsp3) is 0. The van der Waals surface area contributed by atoms with Gasteiger partial charge in [0.25, 0.3) is 0 Å². The van der Waals surface area contributed by atoms with Gasteiger partial charge in [0.05, 0.1) is 0 Å². The molecule has 0 spiro atoms. The van der Waals surface area contributed by atoms with Gasteiger partial charge < -0.3 is 9.53 Å². The molecule has 0 saturated carbocycles. The molecule has 0 aliphatic rings. The average molecular weight is 163 g/mol. The summed E-state index contributed by atoms with van der Waals surface area (Å²) in [6, 6.07) is 8.56. The first-order valence-electron chi connectivity index (χ1n) is 3.38. The van der Waals surface area contributed by atoms with Gasteiger partial charge in [0.2, 0.25) is 0 Å². The summed E-state index contributed by atoms with van der Waals surface area (Å²) in [4.78, 5) is 20.6. The topological polar surface area (TPSA) is 43.4 Å². The summed E-state index contributed by atoms with van der Waals surface area (Å²) in [6.07, 6.45) is 1.22. The number of rotatable bonds is 3. The molecule has 0 aromatic heterocycles. The Morgan fingerprint density at radius 2 is 1.92 bits per heavy atom. The van der Waals surface area contributed by atoms with Gasteiger partial charge in [0.1, 0.15) is 18.5 Å². The highest BCUT2D eigenvalue weighted by Gasteiger charge is 2.02. The molecule has 1 aromatic rings. The van der Waals surface area contributed by atoms with E-state index in [1.54, 1.807) is 30.3 Å². The average Bonchev–Trinajstić information content (AvgIpc) is 2.06. The predicted octanol–water partition coefficient (Wildman–Crippen LogP) is 0.995. The fourth-order valence-corrected chi connectivity index (χ4v) is 0.694. The Morgan fingerprint density at radius 1 is 1.25 bits per heavy atom. The van der Waals surface area contributed by atoms with Crippen molar-refractivity contribution in [2.45, 2.75) is 0 Å². The van der Waals surface area contributed by atoms with Gasteiger partial charge >= 0.3 is 5.97 Å². The molecule has 0 aliphatic heterocycles. The number of ether oxygens (including phenoxy) is 1. The number of hydrogen-bond donors (Lipinski definition) is 0. The molecular formula is C9H7O3. The second-order valence-electron chi connectivity index (χ2n) is 2.04. The number of hydrogen-bond acceptors (Lipinski definition) is 3. The van der Waals surface area contributed by atoms with Crippen LogP contribution in [0.25, 0.3) is 0 Å². The summed E-state index contributed by atoms with van der Waals surface area (Å²) < 4.78 is 4.73. The maximum absolute atomic E-state index is 10.7. The first-order valence-corrected chi connectivity index (χ1v) is 3.38. The molecule has 1 radical (unpaired) electrons. The zero-order valence-corrected chi connectivity index (χ0v) is 6.27. The second-order valence-corrected chi connectivity index (χ2v) is 2.04. The van der Waals surface area contributed by atoms with Crippen LogP contribution in [0.5, 0.6) is 5.75 Å². The van der Waals surface area contributed by atoms with E-state index in [0.717, 1.165) is 6.42 Å². The van der Waals surface area contributed by atoms with Crippen LogP contribution in [0.3, 0.4) is 0 Å². The van der Waals surface area contributed by atoms with Crippen molar-refractivity contribution in [2.24, 2.45) is 0 Å². The minimum Gasteiger partial charge on any atom is -0.426 e. The third-order valence-corrected chi connectivity index (χ3v) is 1.17. The van der Waals surface area contributed by atoms with E-state index in [0.29, 0.717) is 12.0 Å². The molecule has 0 heterocycles. The minimum absolute atomic E-state index is 0.394. The van der Waals surface area contributed by atoms with Crippen LogP contribution in [0, 0.1) is 6.42 Å². The maximum Gasteiger partial charge on any atom is 0.322 e. The first-order chi connectivity index (χ1) is 5.83. The lowest BCUT2D eigenvalue weighted by atomic mass is 10.3. The molecule has 0 aliphatic carbocycles. The van der Waals surface area contributed by atoms with Gasteiger partial charge in [-0.25, -0.2) is 0 Å². The summed E-state index contributed by atoms with van der Waals surface area (Å²) in [5.41, 5.74) is 0. The van der Waals surface area contributed by atoms with Crippen LogP contribution >= 0.6 is 0 Å². The monoisotopic (exact) mass is 163 g/mol. The molecule has 1 aromatic carbocycles. The molecule has 3 nitrogen and oxygen atoms in total. The van der Waals surface area contributed by atoms with E-state index in [4.69, 9.17) is 4.74 Å². The van der Waals surface area contributed by atoms with Gasteiger partial charge in [-0.1, -0.05) is 18.2 Å². The highest BCUT2D eigenvalue weighted by Crippen LogP contribution is 2.08. The number of aldehydes is 1. The number of carbonyl (C=O) groups is 2. The zero-order chi connectivity index (χ0) is 8.81.